The summed E-state index contributed by atoms with van der Waals surface area (Å²) in [7, 11) is -2.50. The van der Waals surface area contributed by atoms with E-state index in [4.69, 9.17) is 24.5 Å². The highest BCUT2D eigenvalue weighted by Crippen LogP contribution is 2.38. The lowest BCUT2D eigenvalue weighted by atomic mass is 9.78. The number of hydrogen-bond donors (Lipinski definition) is 2. The smallest absolute Gasteiger partial charge is 0.165 e. The van der Waals surface area contributed by atoms with Gasteiger partial charge in [-0.05, 0) is 49.8 Å². The van der Waals surface area contributed by atoms with Crippen LogP contribution in [0.4, 0.5) is 5.82 Å². The van der Waals surface area contributed by atoms with Gasteiger partial charge in [-0.3, -0.25) is 4.98 Å². The minimum Gasteiger partial charge on any atom is -0.394 e. The van der Waals surface area contributed by atoms with Crippen LogP contribution in [-0.2, 0) is 9.47 Å². The van der Waals surface area contributed by atoms with Crippen molar-refractivity contribution >= 4 is 27.6 Å². The Bertz CT molecular complexity index is 1560. The molecule has 1 fully saturated rings. The first-order valence-corrected chi connectivity index (χ1v) is 24.9. The molecule has 1 saturated carbocycles. The third kappa shape index (κ3) is 9.83. The van der Waals surface area contributed by atoms with Crippen LogP contribution in [0.3, 0.4) is 0 Å². The van der Waals surface area contributed by atoms with Crippen LogP contribution in [0.25, 0.3) is 28.0 Å². The largest absolute Gasteiger partial charge is 0.394 e. The van der Waals surface area contributed by atoms with Gasteiger partial charge in [0.05, 0.1) is 24.6 Å². The Kier molecular flexibility index (Phi) is 12.3. The fraction of sp³-hybridized carbons (Fsp3) is 0.541. The summed E-state index contributed by atoms with van der Waals surface area (Å²) in [5.41, 5.74) is 5.67. The van der Waals surface area contributed by atoms with E-state index in [1.807, 2.05) is 35.1 Å². The summed E-state index contributed by atoms with van der Waals surface area (Å²) >= 11 is 0. The molecule has 48 heavy (non-hydrogen) atoms. The molecular weight excluding hydrogens is 635 g/mol. The standard InChI is InChI=1S/C37H55N5O4Si2/c1-47(2,3)20-18-45-26-41(27-46-19-21-48(4,5)6)36-22-34(29-12-14-30(15-13-29)35(44)25-43)40-37-32(24-39-42(36)37)31-16-17-33(38-23-31)28-10-8-7-9-11-28/h7-11,16-17,22-24,29-30,35,43-44H,12-15,18-21,25-27H2,1-6H3/t29-,30-,35?. The number of benzene rings is 1. The Hall–Kier alpha value is -2.94. The van der Waals surface area contributed by atoms with Crippen molar-refractivity contribution in [1.82, 2.24) is 19.6 Å². The lowest BCUT2D eigenvalue weighted by Gasteiger charge is -2.31. The van der Waals surface area contributed by atoms with Crippen molar-refractivity contribution in [2.75, 3.05) is 38.2 Å². The molecule has 2 N–H and O–H groups in total. The van der Waals surface area contributed by atoms with Crippen LogP contribution in [0.15, 0.2) is 60.9 Å². The zero-order chi connectivity index (χ0) is 34.3. The molecule has 11 heteroatoms. The molecule has 1 atom stereocenters. The number of anilines is 1. The van der Waals surface area contributed by atoms with Gasteiger partial charge in [0.15, 0.2) is 5.65 Å². The molecule has 1 aromatic carbocycles. The number of rotatable bonds is 16. The van der Waals surface area contributed by atoms with Crippen LogP contribution in [0.2, 0.25) is 51.4 Å². The molecule has 1 unspecified atom stereocenters. The molecule has 9 nitrogen and oxygen atoms in total. The molecule has 0 spiro atoms. The van der Waals surface area contributed by atoms with Gasteiger partial charge in [0.25, 0.3) is 0 Å². The lowest BCUT2D eigenvalue weighted by Crippen LogP contribution is -2.33. The summed E-state index contributed by atoms with van der Waals surface area (Å²) in [6, 6.07) is 18.7. The first-order chi connectivity index (χ1) is 22.9. The molecule has 0 amide bonds. The molecule has 1 aliphatic rings. The molecule has 3 aromatic heterocycles. The maximum atomic E-state index is 10.3. The van der Waals surface area contributed by atoms with Crippen LogP contribution in [0.1, 0.15) is 37.3 Å². The number of nitrogens with zero attached hydrogens (tertiary/aromatic N) is 5. The third-order valence-corrected chi connectivity index (χ3v) is 12.8. The molecular formula is C37H55N5O4Si2. The summed E-state index contributed by atoms with van der Waals surface area (Å²) < 4.78 is 14.6. The van der Waals surface area contributed by atoms with Crippen LogP contribution < -0.4 is 4.90 Å². The molecule has 0 bridgehead atoms. The van der Waals surface area contributed by atoms with Gasteiger partial charge in [-0.2, -0.15) is 9.61 Å². The first-order valence-electron chi connectivity index (χ1n) is 17.5. The second-order valence-corrected chi connectivity index (χ2v) is 27.0. The number of ether oxygens (including phenoxy) is 2. The highest BCUT2D eigenvalue weighted by Gasteiger charge is 2.29. The second kappa shape index (κ2) is 16.2. The Morgan fingerprint density at radius 2 is 1.50 bits per heavy atom. The number of aromatic nitrogens is 4. The van der Waals surface area contributed by atoms with Crippen LogP contribution in [0.5, 0.6) is 0 Å². The topological polar surface area (TPSA) is 105 Å². The van der Waals surface area contributed by atoms with Gasteiger partial charge in [-0.1, -0.05) is 75.7 Å². The third-order valence-electron chi connectivity index (χ3n) is 9.35. The van der Waals surface area contributed by atoms with E-state index in [1.165, 1.54) is 0 Å². The Labute approximate surface area is 288 Å². The highest BCUT2D eigenvalue weighted by molar-refractivity contribution is 6.76. The van der Waals surface area contributed by atoms with Gasteiger partial charge in [0.2, 0.25) is 0 Å². The second-order valence-electron chi connectivity index (χ2n) is 15.7. The number of pyridine rings is 1. The van der Waals surface area contributed by atoms with Crippen LogP contribution in [0, 0.1) is 5.92 Å². The molecule has 1 aliphatic carbocycles. The average Bonchev–Trinajstić information content (AvgIpc) is 3.50. The summed E-state index contributed by atoms with van der Waals surface area (Å²) in [6.45, 7) is 16.2. The fourth-order valence-electron chi connectivity index (χ4n) is 6.16. The van der Waals surface area contributed by atoms with E-state index in [1.54, 1.807) is 0 Å². The molecule has 260 valence electrons. The average molecular weight is 690 g/mol. The van der Waals surface area contributed by atoms with E-state index in [0.717, 1.165) is 77.3 Å². The predicted octanol–water partition coefficient (Wildman–Crippen LogP) is 7.52. The van der Waals surface area contributed by atoms with E-state index in [9.17, 15) is 10.2 Å². The minimum absolute atomic E-state index is 0.116. The lowest BCUT2D eigenvalue weighted by molar-refractivity contribution is 0.0300. The molecule has 0 radical (unpaired) electrons. The predicted molar refractivity (Wildman–Crippen MR) is 200 cm³/mol. The Morgan fingerprint density at radius 1 is 0.854 bits per heavy atom. The van der Waals surface area contributed by atoms with Crippen LogP contribution in [-0.4, -0.2) is 85.3 Å². The van der Waals surface area contributed by atoms with Crippen molar-refractivity contribution in [2.24, 2.45) is 5.92 Å². The van der Waals surface area contributed by atoms with Gasteiger partial charge in [0, 0.05) is 69.9 Å². The Balaban J connectivity index is 1.50. The molecule has 4 aromatic rings. The summed E-state index contributed by atoms with van der Waals surface area (Å²) in [6.07, 6.45) is 6.65. The summed E-state index contributed by atoms with van der Waals surface area (Å²) in [4.78, 5) is 12.2. The van der Waals surface area contributed by atoms with Gasteiger partial charge in [-0.25, -0.2) is 4.98 Å². The molecule has 0 aliphatic heterocycles. The number of fused-ring (bicyclic) bond motifs is 1. The van der Waals surface area contributed by atoms with Crippen molar-refractivity contribution in [3.63, 3.8) is 0 Å². The molecule has 5 rings (SSSR count). The van der Waals surface area contributed by atoms with Crippen molar-refractivity contribution in [3.8, 4) is 22.4 Å². The maximum Gasteiger partial charge on any atom is 0.165 e. The summed E-state index contributed by atoms with van der Waals surface area (Å²) in [5.74, 6) is 1.25. The van der Waals surface area contributed by atoms with Crippen LogP contribution >= 0.6 is 0 Å². The number of hydrogen-bond acceptors (Lipinski definition) is 8. The van der Waals surface area contributed by atoms with Gasteiger partial charge >= 0.3 is 0 Å². The quantitative estimate of drug-likeness (QED) is 0.0708. The highest BCUT2D eigenvalue weighted by atomic mass is 28.3. The SMILES string of the molecule is C[Si](C)(C)CCOCN(COCC[Si](C)(C)C)c1cc([C@H]2CC[C@H](C(O)CO)CC2)nc2c(-c3ccc(-c4ccccc4)nc3)cnn12. The summed E-state index contributed by atoms with van der Waals surface area (Å²) in [5, 5.41) is 24.8. The zero-order valence-electron chi connectivity index (χ0n) is 29.7. The van der Waals surface area contributed by atoms with Gasteiger partial charge in [0.1, 0.15) is 19.3 Å². The van der Waals surface area contributed by atoms with Crippen molar-refractivity contribution in [2.45, 2.75) is 89.1 Å². The van der Waals surface area contributed by atoms with E-state index >= 15 is 0 Å². The van der Waals surface area contributed by atoms with Crippen molar-refractivity contribution in [1.29, 1.82) is 0 Å². The molecule has 3 heterocycles. The van der Waals surface area contributed by atoms with Gasteiger partial charge in [-0.15, -0.1) is 0 Å². The first kappa shape index (κ1) is 36.3. The normalized spacial score (nSPS) is 17.9. The van der Waals surface area contributed by atoms with E-state index in [2.05, 4.69) is 74.5 Å². The van der Waals surface area contributed by atoms with Gasteiger partial charge < -0.3 is 24.6 Å². The van der Waals surface area contributed by atoms with E-state index < -0.39 is 22.3 Å². The zero-order valence-corrected chi connectivity index (χ0v) is 31.7. The van der Waals surface area contributed by atoms with Crippen molar-refractivity contribution in [3.05, 3.63) is 66.6 Å². The molecule has 0 saturated heterocycles. The van der Waals surface area contributed by atoms with E-state index in [-0.39, 0.29) is 18.4 Å². The fourth-order valence-corrected chi connectivity index (χ4v) is 7.67. The Morgan fingerprint density at radius 3 is 2.06 bits per heavy atom. The number of aliphatic hydroxyl groups is 2. The maximum absolute atomic E-state index is 10.3. The monoisotopic (exact) mass is 689 g/mol. The van der Waals surface area contributed by atoms with E-state index in [0.29, 0.717) is 26.7 Å². The minimum atomic E-state index is -1.25. The number of aliphatic hydroxyl groups excluding tert-OH is 2. The van der Waals surface area contributed by atoms with Crippen molar-refractivity contribution < 1.29 is 19.7 Å².